The second-order valence-corrected chi connectivity index (χ2v) is 4.28. The zero-order valence-corrected chi connectivity index (χ0v) is 11.4. The first-order chi connectivity index (χ1) is 9.43. The quantitative estimate of drug-likeness (QED) is 0.864. The number of carbonyl (C=O) groups is 2. The average molecular weight is 277 g/mol. The Bertz CT molecular complexity index is 671. The highest BCUT2D eigenvalue weighted by Gasteiger charge is 2.22. The zero-order chi connectivity index (χ0) is 14.9. The molecule has 0 aromatic carbocycles. The van der Waals surface area contributed by atoms with Gasteiger partial charge in [0.1, 0.15) is 11.3 Å². The summed E-state index contributed by atoms with van der Waals surface area (Å²) >= 11 is 0. The molecule has 0 saturated heterocycles. The van der Waals surface area contributed by atoms with Crippen LogP contribution in [0.5, 0.6) is 0 Å². The molecule has 0 spiro atoms. The normalized spacial score (nSPS) is 10.6. The van der Waals surface area contributed by atoms with Crippen molar-refractivity contribution in [3.05, 3.63) is 29.2 Å². The van der Waals surface area contributed by atoms with Crippen molar-refractivity contribution in [1.82, 2.24) is 19.6 Å². The van der Waals surface area contributed by atoms with Gasteiger partial charge in [-0.05, 0) is 13.8 Å². The molecule has 2 heterocycles. The van der Waals surface area contributed by atoms with Crippen molar-refractivity contribution in [2.24, 2.45) is 7.05 Å². The fourth-order valence-corrected chi connectivity index (χ4v) is 1.93. The number of anilines is 1. The van der Waals surface area contributed by atoms with Gasteiger partial charge in [-0.1, -0.05) is 0 Å². The number of aromatic nitrogens is 4. The Morgan fingerprint density at radius 2 is 2.15 bits per heavy atom. The maximum atomic E-state index is 12.1. The summed E-state index contributed by atoms with van der Waals surface area (Å²) in [5.74, 6) is -1.37. The van der Waals surface area contributed by atoms with E-state index < -0.39 is 11.9 Å². The number of aryl methyl sites for hydroxylation is 3. The lowest BCUT2D eigenvalue weighted by atomic mass is 10.2. The second-order valence-electron chi connectivity index (χ2n) is 4.28. The van der Waals surface area contributed by atoms with Gasteiger partial charge in [0.25, 0.3) is 5.91 Å². The lowest BCUT2D eigenvalue weighted by Gasteiger charge is -2.03. The van der Waals surface area contributed by atoms with Gasteiger partial charge in [0, 0.05) is 25.4 Å². The summed E-state index contributed by atoms with van der Waals surface area (Å²) in [6.45, 7) is 4.50. The number of aromatic carboxylic acids is 1. The number of carboxylic acid groups (broad SMARTS) is 1. The summed E-state index contributed by atoms with van der Waals surface area (Å²) in [4.78, 5) is 23.2. The molecule has 2 rings (SSSR count). The molecule has 0 bridgehead atoms. The van der Waals surface area contributed by atoms with Crippen LogP contribution in [-0.2, 0) is 13.6 Å². The Kier molecular flexibility index (Phi) is 3.55. The molecule has 0 aliphatic carbocycles. The Morgan fingerprint density at radius 1 is 1.45 bits per heavy atom. The van der Waals surface area contributed by atoms with Crippen LogP contribution in [0.1, 0.15) is 33.5 Å². The van der Waals surface area contributed by atoms with E-state index >= 15 is 0 Å². The second kappa shape index (κ2) is 5.16. The van der Waals surface area contributed by atoms with E-state index in [9.17, 15) is 9.59 Å². The van der Waals surface area contributed by atoms with Crippen LogP contribution in [0.4, 0.5) is 5.82 Å². The van der Waals surface area contributed by atoms with Crippen molar-refractivity contribution in [1.29, 1.82) is 0 Å². The van der Waals surface area contributed by atoms with Crippen LogP contribution in [0.2, 0.25) is 0 Å². The third kappa shape index (κ3) is 2.40. The first-order valence-electron chi connectivity index (χ1n) is 6.05. The highest BCUT2D eigenvalue weighted by Crippen LogP contribution is 2.13. The molecule has 8 nitrogen and oxygen atoms in total. The standard InChI is InChI=1S/C12H15N5O3/c1-4-17-7(2)5-9(15-17)14-11(18)10-8(12(19)20)6-13-16(10)3/h5-6H,4H2,1-3H3,(H,19,20)(H,14,15,18). The van der Waals surface area contributed by atoms with Crippen molar-refractivity contribution in [3.63, 3.8) is 0 Å². The molecule has 0 saturated carbocycles. The Morgan fingerprint density at radius 3 is 2.70 bits per heavy atom. The van der Waals surface area contributed by atoms with Gasteiger partial charge < -0.3 is 10.4 Å². The van der Waals surface area contributed by atoms with Crippen LogP contribution < -0.4 is 5.32 Å². The van der Waals surface area contributed by atoms with Gasteiger partial charge in [0.05, 0.1) is 6.20 Å². The largest absolute Gasteiger partial charge is 0.478 e. The maximum absolute atomic E-state index is 12.1. The topological polar surface area (TPSA) is 102 Å². The van der Waals surface area contributed by atoms with E-state index in [-0.39, 0.29) is 11.3 Å². The molecular formula is C12H15N5O3. The highest BCUT2D eigenvalue weighted by atomic mass is 16.4. The summed E-state index contributed by atoms with van der Waals surface area (Å²) in [6, 6.07) is 1.72. The number of hydrogen-bond acceptors (Lipinski definition) is 4. The van der Waals surface area contributed by atoms with E-state index in [0.717, 1.165) is 11.9 Å². The van der Waals surface area contributed by atoms with E-state index in [4.69, 9.17) is 5.11 Å². The van der Waals surface area contributed by atoms with Gasteiger partial charge in [-0.25, -0.2) is 4.79 Å². The minimum atomic E-state index is -1.20. The van der Waals surface area contributed by atoms with Gasteiger partial charge in [0.15, 0.2) is 5.82 Å². The molecule has 2 N–H and O–H groups in total. The van der Waals surface area contributed by atoms with Crippen LogP contribution in [0.3, 0.4) is 0 Å². The number of carboxylic acids is 1. The van der Waals surface area contributed by atoms with Crippen molar-refractivity contribution in [2.45, 2.75) is 20.4 Å². The first kappa shape index (κ1) is 13.8. The van der Waals surface area contributed by atoms with Crippen molar-refractivity contribution in [2.75, 3.05) is 5.32 Å². The van der Waals surface area contributed by atoms with E-state index in [1.165, 1.54) is 11.7 Å². The lowest BCUT2D eigenvalue weighted by Crippen LogP contribution is -2.19. The van der Waals surface area contributed by atoms with Gasteiger partial charge in [0.2, 0.25) is 0 Å². The average Bonchev–Trinajstić information content (AvgIpc) is 2.92. The maximum Gasteiger partial charge on any atom is 0.339 e. The number of nitrogens with one attached hydrogen (secondary N) is 1. The van der Waals surface area contributed by atoms with Crippen LogP contribution in [0.15, 0.2) is 12.3 Å². The van der Waals surface area contributed by atoms with Crippen molar-refractivity contribution < 1.29 is 14.7 Å². The number of nitrogens with zero attached hydrogens (tertiary/aromatic N) is 4. The van der Waals surface area contributed by atoms with E-state index in [2.05, 4.69) is 15.5 Å². The molecule has 2 aromatic heterocycles. The van der Waals surface area contributed by atoms with Crippen LogP contribution in [0, 0.1) is 6.92 Å². The van der Waals surface area contributed by atoms with Crippen molar-refractivity contribution >= 4 is 17.7 Å². The predicted molar refractivity (Wildman–Crippen MR) is 70.8 cm³/mol. The summed E-state index contributed by atoms with van der Waals surface area (Å²) in [6.07, 6.45) is 1.15. The molecular weight excluding hydrogens is 262 g/mol. The summed E-state index contributed by atoms with van der Waals surface area (Å²) in [7, 11) is 1.51. The zero-order valence-electron chi connectivity index (χ0n) is 11.4. The smallest absolute Gasteiger partial charge is 0.339 e. The molecule has 0 radical (unpaired) electrons. The third-order valence-corrected chi connectivity index (χ3v) is 2.91. The van der Waals surface area contributed by atoms with Crippen LogP contribution >= 0.6 is 0 Å². The highest BCUT2D eigenvalue weighted by molar-refractivity contribution is 6.09. The Labute approximate surface area is 115 Å². The predicted octanol–water partition coefficient (Wildman–Crippen LogP) is 0.895. The first-order valence-corrected chi connectivity index (χ1v) is 6.05. The molecule has 2 aromatic rings. The summed E-state index contributed by atoms with van der Waals surface area (Å²) in [5.41, 5.74) is 0.754. The monoisotopic (exact) mass is 277 g/mol. The van der Waals surface area contributed by atoms with Crippen LogP contribution in [0.25, 0.3) is 0 Å². The molecule has 0 unspecified atom stereocenters. The molecule has 0 atom stereocenters. The molecule has 0 fully saturated rings. The summed E-state index contributed by atoms with van der Waals surface area (Å²) in [5, 5.41) is 19.6. The fourth-order valence-electron chi connectivity index (χ4n) is 1.93. The molecule has 106 valence electrons. The Balaban J connectivity index is 2.28. The van der Waals surface area contributed by atoms with Gasteiger partial charge >= 0.3 is 5.97 Å². The van der Waals surface area contributed by atoms with Crippen LogP contribution in [-0.4, -0.2) is 36.5 Å². The van der Waals surface area contributed by atoms with Gasteiger partial charge in [-0.15, -0.1) is 0 Å². The number of carbonyl (C=O) groups excluding carboxylic acids is 1. The van der Waals surface area contributed by atoms with E-state index in [0.29, 0.717) is 12.4 Å². The molecule has 8 heteroatoms. The lowest BCUT2D eigenvalue weighted by molar-refractivity contribution is 0.0692. The molecule has 1 amide bonds. The SMILES string of the molecule is CCn1nc(NC(=O)c2c(C(=O)O)cnn2C)cc1C. The summed E-state index contributed by atoms with van der Waals surface area (Å²) < 4.78 is 2.96. The van der Waals surface area contributed by atoms with Gasteiger partial charge in [-0.3, -0.25) is 14.2 Å². The molecule has 20 heavy (non-hydrogen) atoms. The molecule has 0 aliphatic rings. The Hall–Kier alpha value is -2.64. The minimum Gasteiger partial charge on any atom is -0.478 e. The van der Waals surface area contributed by atoms with E-state index in [1.807, 2.05) is 13.8 Å². The minimum absolute atomic E-state index is 0.0128. The van der Waals surface area contributed by atoms with Gasteiger partial charge in [-0.2, -0.15) is 10.2 Å². The third-order valence-electron chi connectivity index (χ3n) is 2.91. The fraction of sp³-hybridized carbons (Fsp3) is 0.333. The number of rotatable bonds is 4. The van der Waals surface area contributed by atoms with Crippen molar-refractivity contribution in [3.8, 4) is 0 Å². The number of hydrogen-bond donors (Lipinski definition) is 2. The number of amides is 1. The molecule has 0 aliphatic heterocycles. The van der Waals surface area contributed by atoms with E-state index in [1.54, 1.807) is 10.7 Å².